The van der Waals surface area contributed by atoms with Gasteiger partial charge < -0.3 is 27.0 Å². The third-order valence-corrected chi connectivity index (χ3v) is 11.3. The first kappa shape index (κ1) is 22.2. The highest BCUT2D eigenvalue weighted by Gasteiger charge is 2.44. The first-order valence-electron chi connectivity index (χ1n) is 7.99. The van der Waals surface area contributed by atoms with E-state index in [2.05, 4.69) is 18.7 Å². The van der Waals surface area contributed by atoms with Crippen molar-refractivity contribution in [3.63, 3.8) is 0 Å². The molecule has 0 bridgehead atoms. The number of hydrogen-bond donors (Lipinski definition) is 0. The van der Waals surface area contributed by atoms with E-state index in [1.165, 1.54) is 0 Å². The minimum Gasteiger partial charge on any atom is -0.398 e. The van der Waals surface area contributed by atoms with E-state index < -0.39 is 17.4 Å². The Morgan fingerprint density at radius 1 is 0.682 bits per heavy atom. The van der Waals surface area contributed by atoms with E-state index in [-0.39, 0.29) is 0 Å². The Kier molecular flexibility index (Phi) is 11.8. The summed E-state index contributed by atoms with van der Waals surface area (Å²) in [6, 6.07) is 2.51. The van der Waals surface area contributed by atoms with Gasteiger partial charge in [-0.2, -0.15) is 0 Å². The van der Waals surface area contributed by atoms with E-state index in [9.17, 15) is 0 Å². The van der Waals surface area contributed by atoms with Crippen LogP contribution < -0.4 is 0 Å². The third-order valence-electron chi connectivity index (χ3n) is 4.42. The van der Waals surface area contributed by atoms with Crippen LogP contribution in [0.1, 0.15) is 20.3 Å². The average molecular weight is 354 g/mol. The maximum atomic E-state index is 5.82. The van der Waals surface area contributed by atoms with Crippen LogP contribution in [0.25, 0.3) is 0 Å². The quantitative estimate of drug-likeness (QED) is 0.447. The van der Waals surface area contributed by atoms with E-state index in [0.29, 0.717) is 0 Å². The lowest BCUT2D eigenvalue weighted by Crippen LogP contribution is -2.47. The number of rotatable bonds is 14. The van der Waals surface area contributed by atoms with Crippen molar-refractivity contribution in [1.29, 1.82) is 0 Å². The summed E-state index contributed by atoms with van der Waals surface area (Å²) < 4.78 is 28.1. The van der Waals surface area contributed by atoms with Gasteiger partial charge in [-0.15, -0.1) is 0 Å². The van der Waals surface area contributed by atoms with Crippen LogP contribution in [-0.2, 0) is 22.1 Å². The summed E-state index contributed by atoms with van der Waals surface area (Å²) in [6.45, 7) is 7.62. The summed E-state index contributed by atoms with van der Waals surface area (Å²) in [5.41, 5.74) is 0. The molecule has 0 aliphatic heterocycles. The van der Waals surface area contributed by atoms with Gasteiger partial charge in [-0.25, -0.2) is 0 Å². The zero-order chi connectivity index (χ0) is 17.1. The summed E-state index contributed by atoms with van der Waals surface area (Å²) in [6.07, 6.45) is 1.08. The van der Waals surface area contributed by atoms with Crippen LogP contribution in [0.15, 0.2) is 0 Å². The molecule has 0 aliphatic rings. The first-order valence-corrected chi connectivity index (χ1v) is 12.1. The predicted octanol–water partition coefficient (Wildman–Crippen LogP) is 2.33. The van der Waals surface area contributed by atoms with Gasteiger partial charge in [0.15, 0.2) is 0 Å². The fourth-order valence-corrected chi connectivity index (χ4v) is 8.42. The summed E-state index contributed by atoms with van der Waals surface area (Å²) in [5, 5.41) is 0. The van der Waals surface area contributed by atoms with Gasteiger partial charge in [0.05, 0.1) is 0 Å². The molecule has 0 radical (unpaired) electrons. The molecule has 0 aromatic carbocycles. The smallest absolute Gasteiger partial charge is 0.398 e. The molecule has 0 spiro atoms. The van der Waals surface area contributed by atoms with Crippen LogP contribution in [0.2, 0.25) is 18.1 Å². The molecular weight excluding hydrogens is 318 g/mol. The average Bonchev–Trinajstić information content (AvgIpc) is 2.58. The van der Waals surface area contributed by atoms with Gasteiger partial charge in [0.1, 0.15) is 0 Å². The van der Waals surface area contributed by atoms with E-state index in [1.807, 2.05) is 0 Å². The Hall–Kier alpha value is 0.194. The van der Waals surface area contributed by atoms with Gasteiger partial charge in [-0.05, 0) is 38.1 Å². The lowest BCUT2D eigenvalue weighted by Gasteiger charge is -2.31. The lowest BCUT2D eigenvalue weighted by molar-refractivity contribution is 0.123. The van der Waals surface area contributed by atoms with Crippen molar-refractivity contribution in [2.75, 3.05) is 55.2 Å². The van der Waals surface area contributed by atoms with Gasteiger partial charge in [-0.3, -0.25) is 0 Å². The van der Waals surface area contributed by atoms with Crippen molar-refractivity contribution < 1.29 is 22.1 Å². The first-order chi connectivity index (χ1) is 10.5. The van der Waals surface area contributed by atoms with E-state index in [0.717, 1.165) is 44.2 Å². The molecule has 0 saturated carbocycles. The Morgan fingerprint density at radius 3 is 1.55 bits per heavy atom. The van der Waals surface area contributed by atoms with E-state index in [1.54, 1.807) is 35.5 Å². The van der Waals surface area contributed by atoms with Crippen molar-refractivity contribution in [3.05, 3.63) is 0 Å². The normalized spacial score (nSPS) is 13.1. The zero-order valence-electron chi connectivity index (χ0n) is 15.4. The van der Waals surface area contributed by atoms with E-state index in [4.69, 9.17) is 22.1 Å². The summed E-state index contributed by atoms with van der Waals surface area (Å²) in [4.78, 5) is 2.42. The van der Waals surface area contributed by atoms with Crippen molar-refractivity contribution in [1.82, 2.24) is 4.90 Å². The highest BCUT2D eigenvalue weighted by atomic mass is 28.4. The summed E-state index contributed by atoms with van der Waals surface area (Å²) >= 11 is 0. The predicted molar refractivity (Wildman–Crippen MR) is 93.4 cm³/mol. The van der Waals surface area contributed by atoms with Crippen LogP contribution in [0.3, 0.4) is 0 Å². The van der Waals surface area contributed by atoms with Crippen molar-refractivity contribution >= 4 is 17.4 Å². The monoisotopic (exact) mass is 353 g/mol. The molecule has 0 rings (SSSR count). The molecule has 0 heterocycles. The molecule has 0 unspecified atom stereocenters. The van der Waals surface area contributed by atoms with Gasteiger partial charge in [0.2, 0.25) is 0 Å². The van der Waals surface area contributed by atoms with Gasteiger partial charge in [0, 0.05) is 41.6 Å². The van der Waals surface area contributed by atoms with Crippen LogP contribution in [0.4, 0.5) is 0 Å². The largest absolute Gasteiger partial charge is 0.500 e. The maximum absolute atomic E-state index is 5.82. The molecule has 8 heteroatoms. The molecular formula is C14H35NO5Si2. The number of hydrogen-bond acceptors (Lipinski definition) is 6. The summed E-state index contributed by atoms with van der Waals surface area (Å²) in [5.74, 6) is 0. The molecule has 0 N–H and O–H groups in total. The SMILES string of the molecule is CCN(CC)CCC[Si](CC[Si](OC)(OC)OC)(OC)OC. The van der Waals surface area contributed by atoms with Gasteiger partial charge in [-0.1, -0.05) is 13.8 Å². The topological polar surface area (TPSA) is 49.4 Å². The minimum atomic E-state index is -2.57. The second-order valence-electron chi connectivity index (χ2n) is 5.24. The Morgan fingerprint density at radius 2 is 1.18 bits per heavy atom. The Balaban J connectivity index is 4.61. The van der Waals surface area contributed by atoms with Gasteiger partial charge >= 0.3 is 17.4 Å². The third kappa shape index (κ3) is 6.75. The molecule has 0 atom stereocenters. The molecule has 0 aromatic heterocycles. The Bertz CT molecular complexity index is 264. The van der Waals surface area contributed by atoms with Gasteiger partial charge in [0.25, 0.3) is 0 Å². The fraction of sp³-hybridized carbons (Fsp3) is 1.00. The molecule has 0 aromatic rings. The molecule has 0 aliphatic carbocycles. The van der Waals surface area contributed by atoms with Crippen molar-refractivity contribution in [2.24, 2.45) is 0 Å². The maximum Gasteiger partial charge on any atom is 0.500 e. The highest BCUT2D eigenvalue weighted by molar-refractivity contribution is 6.70. The molecule has 0 saturated heterocycles. The molecule has 22 heavy (non-hydrogen) atoms. The zero-order valence-corrected chi connectivity index (χ0v) is 17.4. The standard InChI is InChI=1S/C14H35NO5Si2/c1-8-15(9-2)11-10-12-21(16-3,17-4)13-14-22(18-5,19-6)20-7/h8-14H2,1-7H3. The lowest BCUT2D eigenvalue weighted by atomic mass is 10.4. The van der Waals surface area contributed by atoms with Crippen molar-refractivity contribution in [3.8, 4) is 0 Å². The summed E-state index contributed by atoms with van der Waals surface area (Å²) in [7, 11) is 3.63. The second-order valence-corrected chi connectivity index (χ2v) is 12.0. The number of nitrogens with zero attached hydrogens (tertiary/aromatic N) is 1. The van der Waals surface area contributed by atoms with Crippen LogP contribution in [0.5, 0.6) is 0 Å². The molecule has 0 amide bonds. The van der Waals surface area contributed by atoms with Crippen LogP contribution in [0, 0.1) is 0 Å². The van der Waals surface area contributed by atoms with Crippen molar-refractivity contribution in [2.45, 2.75) is 38.4 Å². The van der Waals surface area contributed by atoms with Crippen LogP contribution in [-0.4, -0.2) is 77.4 Å². The Labute approximate surface area is 138 Å². The fourth-order valence-electron chi connectivity index (χ4n) is 2.63. The minimum absolute atomic E-state index is 0.718. The molecule has 6 nitrogen and oxygen atoms in total. The second kappa shape index (κ2) is 11.7. The highest BCUT2D eigenvalue weighted by Crippen LogP contribution is 2.27. The molecule has 0 fully saturated rings. The molecule has 134 valence electrons. The van der Waals surface area contributed by atoms with Crippen LogP contribution >= 0.6 is 0 Å². The van der Waals surface area contributed by atoms with E-state index >= 15 is 0 Å².